The molecule has 1 heterocycles. The van der Waals surface area contributed by atoms with Crippen LogP contribution in [-0.4, -0.2) is 18.1 Å². The molecule has 1 saturated heterocycles. The second-order valence-electron chi connectivity index (χ2n) is 9.70. The minimum Gasteiger partial charge on any atom is -0.508 e. The van der Waals surface area contributed by atoms with Crippen LogP contribution in [0.3, 0.4) is 0 Å². The van der Waals surface area contributed by atoms with E-state index in [-0.39, 0.29) is 29.7 Å². The largest absolute Gasteiger partial charge is 0.508 e. The predicted molar refractivity (Wildman–Crippen MR) is 137 cm³/mol. The Hall–Kier alpha value is -3.25. The highest BCUT2D eigenvalue weighted by Gasteiger charge is 2.52. The van der Waals surface area contributed by atoms with Crippen LogP contribution >= 0.6 is 0 Å². The third-order valence-corrected chi connectivity index (χ3v) is 7.47. The van der Waals surface area contributed by atoms with E-state index in [0.717, 1.165) is 11.1 Å². The van der Waals surface area contributed by atoms with Crippen LogP contribution in [-0.2, 0) is 9.53 Å². The number of hydrogen-bond acceptors (Lipinski definition) is 3. The number of carbonyl (C=O) groups excluding carboxylic acids is 1. The molecule has 0 aromatic heterocycles. The summed E-state index contributed by atoms with van der Waals surface area (Å²) < 4.78 is 59.1. The molecule has 0 bridgehead atoms. The normalized spacial score (nSPS) is 20.4. The molecule has 1 aliphatic rings. The van der Waals surface area contributed by atoms with Gasteiger partial charge in [0.1, 0.15) is 17.4 Å². The monoisotopic (exact) mass is 496 g/mol. The summed E-state index contributed by atoms with van der Waals surface area (Å²) in [6, 6.07) is 5.49. The van der Waals surface area contributed by atoms with E-state index in [1.165, 1.54) is 29.2 Å². The smallest absolute Gasteiger partial charge is 0.233 e. The second-order valence-corrected chi connectivity index (χ2v) is 9.70. The topological polar surface area (TPSA) is 49.8 Å². The van der Waals surface area contributed by atoms with E-state index in [2.05, 4.69) is 0 Å². The maximum atomic E-state index is 14.1. The van der Waals surface area contributed by atoms with Crippen LogP contribution in [0.25, 0.3) is 0 Å². The molecule has 6 heteroatoms. The summed E-state index contributed by atoms with van der Waals surface area (Å²) in [4.78, 5) is 15.3. The van der Waals surface area contributed by atoms with Crippen LogP contribution in [0.15, 0.2) is 48.5 Å². The molecule has 1 aliphatic heterocycles. The van der Waals surface area contributed by atoms with Crippen molar-refractivity contribution in [1.82, 2.24) is 0 Å². The van der Waals surface area contributed by atoms with Crippen molar-refractivity contribution in [3.05, 3.63) is 93.5 Å². The van der Waals surface area contributed by atoms with Gasteiger partial charge in [-0.05, 0) is 110 Å². The molecule has 0 aliphatic carbocycles. The van der Waals surface area contributed by atoms with Crippen LogP contribution in [0.5, 0.6) is 5.75 Å². The van der Waals surface area contributed by atoms with Gasteiger partial charge in [0.05, 0.1) is 22.2 Å². The number of amides is 1. The van der Waals surface area contributed by atoms with Gasteiger partial charge in [-0.2, -0.15) is 0 Å². The lowest BCUT2D eigenvalue weighted by Gasteiger charge is -2.51. The molecule has 36 heavy (non-hydrogen) atoms. The van der Waals surface area contributed by atoms with Crippen molar-refractivity contribution in [2.45, 2.75) is 53.2 Å². The number of hydrogen-bond donors (Lipinski definition) is 1. The van der Waals surface area contributed by atoms with Gasteiger partial charge < -0.3 is 14.7 Å². The third-order valence-electron chi connectivity index (χ3n) is 7.47. The van der Waals surface area contributed by atoms with Crippen molar-refractivity contribution in [2.75, 3.05) is 12.0 Å². The van der Waals surface area contributed by atoms with Crippen LogP contribution in [0.2, 0.25) is 0 Å². The number of halogens is 2. The summed E-state index contributed by atoms with van der Waals surface area (Å²) in [6.45, 7) is 8.73. The zero-order chi connectivity index (χ0) is 28.9. The summed E-state index contributed by atoms with van der Waals surface area (Å²) in [5, 5.41) is 10.2. The van der Waals surface area contributed by atoms with E-state index in [4.69, 9.17) is 8.85 Å². The molecular formula is C30H33F2NO3. The Morgan fingerprint density at radius 1 is 1.08 bits per heavy atom. The average molecular weight is 497 g/mol. The predicted octanol–water partition coefficient (Wildman–Crippen LogP) is 7.02. The summed E-state index contributed by atoms with van der Waals surface area (Å²) in [5.74, 6) is -2.48. The van der Waals surface area contributed by atoms with Crippen LogP contribution in [0, 0.1) is 51.2 Å². The number of phenols is 1. The fourth-order valence-electron chi connectivity index (χ4n) is 5.32. The van der Waals surface area contributed by atoms with E-state index in [9.17, 15) is 18.7 Å². The Labute approximate surface area is 215 Å². The van der Waals surface area contributed by atoms with E-state index in [0.29, 0.717) is 34.4 Å². The minimum atomic E-state index is -0.716. The van der Waals surface area contributed by atoms with Crippen molar-refractivity contribution in [3.8, 4) is 5.75 Å². The summed E-state index contributed by atoms with van der Waals surface area (Å²) in [7, 11) is 1.56. The highest BCUT2D eigenvalue weighted by atomic mass is 19.1. The summed E-state index contributed by atoms with van der Waals surface area (Å²) in [6.07, 6.45) is -0.0125. The number of methoxy groups -OCH3 is 1. The van der Waals surface area contributed by atoms with Crippen LogP contribution in [0.4, 0.5) is 14.5 Å². The maximum absolute atomic E-state index is 14.1. The number of phenolic OH excluding ortho intramolecular Hbond substituents is 1. The lowest BCUT2D eigenvalue weighted by atomic mass is 9.71. The van der Waals surface area contributed by atoms with Crippen molar-refractivity contribution in [1.29, 1.82) is 0 Å². The molecule has 0 spiro atoms. The van der Waals surface area contributed by atoms with Gasteiger partial charge in [-0.15, -0.1) is 0 Å². The minimum absolute atomic E-state index is 0.228. The number of anilines is 1. The van der Waals surface area contributed by atoms with Gasteiger partial charge in [-0.25, -0.2) is 8.78 Å². The quantitative estimate of drug-likeness (QED) is 0.358. The zero-order valence-electron chi connectivity index (χ0n) is 24.4. The number of ether oxygens (including phenoxy) is 1. The van der Waals surface area contributed by atoms with Crippen molar-refractivity contribution in [3.63, 3.8) is 0 Å². The molecular weight excluding hydrogens is 460 g/mol. The molecule has 0 radical (unpaired) electrons. The number of rotatable bonds is 7. The molecule has 190 valence electrons. The number of nitrogens with zero attached hydrogens (tertiary/aromatic N) is 1. The van der Waals surface area contributed by atoms with Gasteiger partial charge in [-0.3, -0.25) is 4.79 Å². The van der Waals surface area contributed by atoms with Gasteiger partial charge in [0.2, 0.25) is 5.91 Å². The fraction of sp³-hybridized carbons (Fsp3) is 0.367. The van der Waals surface area contributed by atoms with Gasteiger partial charge in [0.15, 0.2) is 0 Å². The third kappa shape index (κ3) is 4.50. The lowest BCUT2D eigenvalue weighted by molar-refractivity contribution is -0.133. The van der Waals surface area contributed by atoms with E-state index < -0.39 is 35.7 Å². The molecule has 0 unspecified atom stereocenters. The summed E-state index contributed by atoms with van der Waals surface area (Å²) in [5.41, 5.74) is 3.76. The number of aryl methyl sites for hydroxylation is 1. The molecule has 4 atom stereocenters. The number of carbonyl (C=O) groups is 1. The highest BCUT2D eigenvalue weighted by molar-refractivity contribution is 6.04. The molecule has 4 nitrogen and oxygen atoms in total. The Bertz CT molecular complexity index is 1430. The van der Waals surface area contributed by atoms with Gasteiger partial charge in [0.25, 0.3) is 0 Å². The van der Waals surface area contributed by atoms with Crippen LogP contribution < -0.4 is 4.90 Å². The Kier molecular flexibility index (Phi) is 6.12. The van der Waals surface area contributed by atoms with Gasteiger partial charge in [0, 0.05) is 12.8 Å². The van der Waals surface area contributed by atoms with Crippen molar-refractivity contribution < 1.29 is 27.5 Å². The van der Waals surface area contributed by atoms with E-state index >= 15 is 0 Å². The molecule has 3 aromatic rings. The molecule has 1 N–H and O–H groups in total. The Balaban J connectivity index is 1.80. The first-order chi connectivity index (χ1) is 18.3. The standard InChI is InChI=1S/C30H33F2NO3/c1-16-14-22(34)8-9-23(16)29-28(30(35)33(29)26-12-7-21(31)13-17(26)2)18(3)15-27(36-6)24-10-11-25(32)20(5)19(24)4/h7-14,18,27-29,34H,15H2,1-6H3/t18-,27-,28+,29+/m0/s1/i8D,9D,14D. The van der Waals surface area contributed by atoms with Gasteiger partial charge >= 0.3 is 0 Å². The molecule has 0 saturated carbocycles. The number of benzene rings is 3. The van der Waals surface area contributed by atoms with E-state index in [1.807, 2.05) is 13.8 Å². The van der Waals surface area contributed by atoms with Crippen molar-refractivity contribution in [2.24, 2.45) is 11.8 Å². The van der Waals surface area contributed by atoms with Crippen molar-refractivity contribution >= 4 is 11.6 Å². The first kappa shape index (κ1) is 22.0. The molecule has 1 amide bonds. The molecule has 3 aromatic carbocycles. The first-order valence-corrected chi connectivity index (χ1v) is 12.0. The highest BCUT2D eigenvalue weighted by Crippen LogP contribution is 2.50. The zero-order valence-corrected chi connectivity index (χ0v) is 21.4. The average Bonchev–Trinajstić information content (AvgIpc) is 2.89. The first-order valence-electron chi connectivity index (χ1n) is 13.5. The molecule has 1 fully saturated rings. The lowest BCUT2D eigenvalue weighted by Crippen LogP contribution is -2.58. The van der Waals surface area contributed by atoms with Crippen LogP contribution in [0.1, 0.15) is 63.0 Å². The number of aromatic hydroxyl groups is 1. The second kappa shape index (κ2) is 10.0. The van der Waals surface area contributed by atoms with E-state index in [1.54, 1.807) is 33.9 Å². The molecule has 4 rings (SSSR count). The van der Waals surface area contributed by atoms with Gasteiger partial charge in [-0.1, -0.05) is 19.0 Å². The Morgan fingerprint density at radius 3 is 2.47 bits per heavy atom. The SMILES string of the molecule is [2H]c1c([2H])c([C@@H]2[C@@H]([C@@H](C)C[C@H](OC)c3ccc(F)c(C)c3C)C(=O)N2c2ccc(F)cc2C)c(C)c([2H])c1O. The fourth-order valence-corrected chi connectivity index (χ4v) is 5.32. The number of β-lactam (4-membered cyclic amide) rings is 1. The Morgan fingerprint density at radius 2 is 1.81 bits per heavy atom. The maximum Gasteiger partial charge on any atom is 0.233 e. The summed E-state index contributed by atoms with van der Waals surface area (Å²) >= 11 is 0.